The van der Waals surface area contributed by atoms with E-state index in [1.54, 1.807) is 12.4 Å². The number of H-pyrrole nitrogens is 1. The first kappa shape index (κ1) is 17.1. The number of hydrogen-bond donors (Lipinski definition) is 1. The van der Waals surface area contributed by atoms with Crippen molar-refractivity contribution in [3.63, 3.8) is 0 Å². The molecule has 2 heterocycles. The average molecular weight is 336 g/mol. The van der Waals surface area contributed by atoms with Crippen LogP contribution in [0, 0.1) is 0 Å². The van der Waals surface area contributed by atoms with Gasteiger partial charge in [-0.25, -0.2) is 4.98 Å². The Morgan fingerprint density at radius 1 is 1.12 bits per heavy atom. The van der Waals surface area contributed by atoms with Crippen LogP contribution in [0.4, 0.5) is 0 Å². The Morgan fingerprint density at radius 2 is 1.92 bits per heavy atom. The number of aromatic nitrogens is 3. The first-order valence-corrected chi connectivity index (χ1v) is 8.83. The number of amides is 1. The molecule has 0 spiro atoms. The smallest absolute Gasteiger partial charge is 0.226 e. The number of rotatable bonds is 7. The van der Waals surface area contributed by atoms with Gasteiger partial charge in [-0.1, -0.05) is 13.0 Å². The third-order valence-corrected chi connectivity index (χ3v) is 4.44. The number of aromatic amines is 1. The van der Waals surface area contributed by atoms with Crippen LogP contribution in [0.25, 0.3) is 11.0 Å². The fourth-order valence-corrected chi connectivity index (χ4v) is 2.95. The number of aryl methyl sites for hydroxylation is 1. The number of carbonyl (C=O) groups is 1. The van der Waals surface area contributed by atoms with Crippen molar-refractivity contribution in [3.8, 4) is 0 Å². The lowest BCUT2D eigenvalue weighted by Crippen LogP contribution is -2.33. The predicted molar refractivity (Wildman–Crippen MR) is 99.4 cm³/mol. The fourth-order valence-electron chi connectivity index (χ4n) is 2.95. The van der Waals surface area contributed by atoms with Crippen molar-refractivity contribution in [2.24, 2.45) is 0 Å². The molecule has 5 heteroatoms. The van der Waals surface area contributed by atoms with Crippen LogP contribution in [-0.2, 0) is 24.1 Å². The van der Waals surface area contributed by atoms with Crippen molar-refractivity contribution >= 4 is 16.9 Å². The lowest BCUT2D eigenvalue weighted by atomic mass is 10.1. The lowest BCUT2D eigenvalue weighted by molar-refractivity contribution is -0.130. The van der Waals surface area contributed by atoms with Gasteiger partial charge in [-0.3, -0.25) is 9.78 Å². The molecule has 2 aromatic heterocycles. The molecule has 0 fully saturated rings. The summed E-state index contributed by atoms with van der Waals surface area (Å²) in [5.41, 5.74) is 4.18. The maximum absolute atomic E-state index is 12.7. The zero-order chi connectivity index (χ0) is 17.6. The molecule has 5 nitrogen and oxygen atoms in total. The highest BCUT2D eigenvalue weighted by molar-refractivity contribution is 5.81. The largest absolute Gasteiger partial charge is 0.342 e. The summed E-state index contributed by atoms with van der Waals surface area (Å²) in [6.07, 6.45) is 5.72. The van der Waals surface area contributed by atoms with E-state index in [0.717, 1.165) is 48.4 Å². The Hall–Kier alpha value is -2.69. The standard InChI is InChI=1S/C20H24N4O/c1-3-19-22-17-6-5-16(13-18(17)23-19)14-20(25)24(4-2)12-9-15-7-10-21-11-8-15/h5-8,10-11,13H,3-4,9,12,14H2,1-2H3,(H,22,23). The van der Waals surface area contributed by atoms with Crippen molar-refractivity contribution in [2.45, 2.75) is 33.1 Å². The Labute approximate surface area is 148 Å². The van der Waals surface area contributed by atoms with Gasteiger partial charge in [-0.2, -0.15) is 0 Å². The minimum atomic E-state index is 0.158. The van der Waals surface area contributed by atoms with E-state index >= 15 is 0 Å². The molecule has 0 bridgehead atoms. The Balaban J connectivity index is 1.64. The molecule has 0 aliphatic rings. The third kappa shape index (κ3) is 4.24. The molecule has 0 atom stereocenters. The summed E-state index contributed by atoms with van der Waals surface area (Å²) in [6.45, 7) is 5.54. The van der Waals surface area contributed by atoms with Crippen LogP contribution in [0.15, 0.2) is 42.7 Å². The second kappa shape index (κ2) is 7.92. The first-order valence-electron chi connectivity index (χ1n) is 8.83. The molecule has 3 aromatic rings. The highest BCUT2D eigenvalue weighted by atomic mass is 16.2. The van der Waals surface area contributed by atoms with Crippen molar-refractivity contribution in [1.82, 2.24) is 19.9 Å². The van der Waals surface area contributed by atoms with E-state index < -0.39 is 0 Å². The summed E-state index contributed by atoms with van der Waals surface area (Å²) in [6, 6.07) is 10.0. The molecule has 25 heavy (non-hydrogen) atoms. The lowest BCUT2D eigenvalue weighted by Gasteiger charge is -2.21. The molecular weight excluding hydrogens is 312 g/mol. The Bertz CT molecular complexity index is 841. The number of carbonyl (C=O) groups excluding carboxylic acids is 1. The van der Waals surface area contributed by atoms with Crippen LogP contribution in [0.5, 0.6) is 0 Å². The summed E-state index contributed by atoms with van der Waals surface area (Å²) in [5.74, 6) is 1.14. The molecule has 0 radical (unpaired) electrons. The van der Waals surface area contributed by atoms with Gasteiger partial charge in [0.2, 0.25) is 5.91 Å². The van der Waals surface area contributed by atoms with Crippen molar-refractivity contribution in [3.05, 3.63) is 59.7 Å². The second-order valence-corrected chi connectivity index (χ2v) is 6.14. The second-order valence-electron chi connectivity index (χ2n) is 6.14. The van der Waals surface area contributed by atoms with Gasteiger partial charge in [0, 0.05) is 31.9 Å². The first-order chi connectivity index (χ1) is 12.2. The molecule has 130 valence electrons. The van der Waals surface area contributed by atoms with Crippen LogP contribution in [0.2, 0.25) is 0 Å². The molecule has 0 saturated carbocycles. The Kier molecular flexibility index (Phi) is 5.43. The van der Waals surface area contributed by atoms with E-state index in [0.29, 0.717) is 6.42 Å². The fraction of sp³-hybridized carbons (Fsp3) is 0.350. The molecule has 0 saturated heterocycles. The Morgan fingerprint density at radius 3 is 2.64 bits per heavy atom. The SMILES string of the molecule is CCc1nc2ccc(CC(=O)N(CC)CCc3ccncc3)cc2[nH]1. The number of likely N-dealkylation sites (N-methyl/N-ethyl adjacent to an activating group) is 1. The molecular formula is C20H24N4O. The normalized spacial score (nSPS) is 11.0. The summed E-state index contributed by atoms with van der Waals surface area (Å²) >= 11 is 0. The van der Waals surface area contributed by atoms with Gasteiger partial charge in [-0.05, 0) is 48.7 Å². The number of nitrogens with zero attached hydrogens (tertiary/aromatic N) is 3. The predicted octanol–water partition coefficient (Wildman–Crippen LogP) is 3.15. The van der Waals surface area contributed by atoms with Gasteiger partial charge in [0.1, 0.15) is 5.82 Å². The van der Waals surface area contributed by atoms with Crippen molar-refractivity contribution in [2.75, 3.05) is 13.1 Å². The van der Waals surface area contributed by atoms with E-state index in [1.165, 1.54) is 5.56 Å². The molecule has 1 N–H and O–H groups in total. The minimum Gasteiger partial charge on any atom is -0.342 e. The van der Waals surface area contributed by atoms with E-state index in [-0.39, 0.29) is 5.91 Å². The topological polar surface area (TPSA) is 61.9 Å². The molecule has 0 aliphatic heterocycles. The zero-order valence-corrected chi connectivity index (χ0v) is 14.8. The van der Waals surface area contributed by atoms with Crippen molar-refractivity contribution in [1.29, 1.82) is 0 Å². The molecule has 0 aliphatic carbocycles. The van der Waals surface area contributed by atoms with Gasteiger partial charge in [0.15, 0.2) is 0 Å². The molecule has 1 aromatic carbocycles. The average Bonchev–Trinajstić information content (AvgIpc) is 3.05. The summed E-state index contributed by atoms with van der Waals surface area (Å²) in [5, 5.41) is 0. The van der Waals surface area contributed by atoms with Crippen LogP contribution in [0.3, 0.4) is 0 Å². The summed E-state index contributed by atoms with van der Waals surface area (Å²) in [4.78, 5) is 26.4. The number of pyridine rings is 1. The summed E-state index contributed by atoms with van der Waals surface area (Å²) < 4.78 is 0. The van der Waals surface area contributed by atoms with Crippen LogP contribution in [0.1, 0.15) is 30.8 Å². The third-order valence-electron chi connectivity index (χ3n) is 4.44. The van der Waals surface area contributed by atoms with Gasteiger partial charge in [-0.15, -0.1) is 0 Å². The zero-order valence-electron chi connectivity index (χ0n) is 14.8. The minimum absolute atomic E-state index is 0.158. The molecule has 0 unspecified atom stereocenters. The van der Waals surface area contributed by atoms with E-state index in [2.05, 4.69) is 21.9 Å². The monoisotopic (exact) mass is 336 g/mol. The maximum Gasteiger partial charge on any atom is 0.226 e. The van der Waals surface area contributed by atoms with Gasteiger partial charge >= 0.3 is 0 Å². The molecule has 1 amide bonds. The quantitative estimate of drug-likeness (QED) is 0.721. The van der Waals surface area contributed by atoms with Crippen LogP contribution < -0.4 is 0 Å². The highest BCUT2D eigenvalue weighted by Crippen LogP contribution is 2.15. The number of hydrogen-bond acceptors (Lipinski definition) is 3. The maximum atomic E-state index is 12.7. The van der Waals surface area contributed by atoms with E-state index in [4.69, 9.17) is 0 Å². The summed E-state index contributed by atoms with van der Waals surface area (Å²) in [7, 11) is 0. The van der Waals surface area contributed by atoms with Gasteiger partial charge in [0.05, 0.1) is 17.5 Å². The van der Waals surface area contributed by atoms with Gasteiger partial charge in [0.25, 0.3) is 0 Å². The number of nitrogens with one attached hydrogen (secondary N) is 1. The van der Waals surface area contributed by atoms with E-state index in [1.807, 2.05) is 42.2 Å². The highest BCUT2D eigenvalue weighted by Gasteiger charge is 2.13. The number of imidazole rings is 1. The van der Waals surface area contributed by atoms with Crippen molar-refractivity contribution < 1.29 is 4.79 Å². The number of fused-ring (bicyclic) bond motifs is 1. The van der Waals surface area contributed by atoms with Gasteiger partial charge < -0.3 is 9.88 Å². The van der Waals surface area contributed by atoms with E-state index in [9.17, 15) is 4.79 Å². The van der Waals surface area contributed by atoms with Crippen LogP contribution in [-0.4, -0.2) is 38.8 Å². The number of benzene rings is 1. The van der Waals surface area contributed by atoms with Crippen LogP contribution >= 0.6 is 0 Å². The molecule has 3 rings (SSSR count).